The lowest BCUT2D eigenvalue weighted by atomic mass is 10.2. The van der Waals surface area contributed by atoms with E-state index in [2.05, 4.69) is 14.9 Å². The van der Waals surface area contributed by atoms with Crippen molar-refractivity contribution in [3.63, 3.8) is 0 Å². The highest BCUT2D eigenvalue weighted by Crippen LogP contribution is 2.34. The molecule has 0 aromatic carbocycles. The summed E-state index contributed by atoms with van der Waals surface area (Å²) in [5.41, 5.74) is 0. The normalized spacial score (nSPS) is 17.9. The van der Waals surface area contributed by atoms with Gasteiger partial charge in [0.25, 0.3) is 0 Å². The summed E-state index contributed by atoms with van der Waals surface area (Å²) in [5, 5.41) is 10.9. The Kier molecular flexibility index (Phi) is 3.58. The molecule has 0 spiro atoms. The van der Waals surface area contributed by atoms with Crippen molar-refractivity contribution < 1.29 is 9.84 Å². The van der Waals surface area contributed by atoms with Gasteiger partial charge in [0.05, 0.1) is 24.7 Å². The minimum absolute atomic E-state index is 0.244. The number of ether oxygens (including phenoxy) is 1. The van der Waals surface area contributed by atoms with E-state index in [1.807, 2.05) is 6.07 Å². The molecule has 102 valence electrons. The van der Waals surface area contributed by atoms with E-state index in [1.165, 1.54) is 11.3 Å². The molecule has 1 fully saturated rings. The van der Waals surface area contributed by atoms with Gasteiger partial charge in [0.1, 0.15) is 10.6 Å². The van der Waals surface area contributed by atoms with E-state index in [9.17, 15) is 5.11 Å². The molecule has 0 saturated carbocycles. The summed E-state index contributed by atoms with van der Waals surface area (Å²) in [5.74, 6) is 0.835. The van der Waals surface area contributed by atoms with Crippen molar-refractivity contribution in [2.45, 2.75) is 13.0 Å². The van der Waals surface area contributed by atoms with Gasteiger partial charge in [-0.3, -0.25) is 0 Å². The first-order valence-electron chi connectivity index (χ1n) is 6.13. The third-order valence-electron chi connectivity index (χ3n) is 3.09. The summed E-state index contributed by atoms with van der Waals surface area (Å²) in [6, 6.07) is 1.95. The molecule has 1 aliphatic heterocycles. The monoisotopic (exact) mass is 299 g/mol. The Balaban J connectivity index is 2.10. The quantitative estimate of drug-likeness (QED) is 0.862. The van der Waals surface area contributed by atoms with Crippen LogP contribution in [0.5, 0.6) is 0 Å². The number of aliphatic hydroxyl groups excluding tert-OH is 1. The Hall–Kier alpha value is -0.950. The number of anilines is 1. The van der Waals surface area contributed by atoms with Gasteiger partial charge in [-0.05, 0) is 24.6 Å². The summed E-state index contributed by atoms with van der Waals surface area (Å²) in [6.07, 6.45) is -0.504. The smallest absolute Gasteiger partial charge is 0.225 e. The molecule has 1 atom stereocenters. The predicted octanol–water partition coefficient (Wildman–Crippen LogP) is 2.23. The number of rotatable bonds is 2. The first-order valence-corrected chi connectivity index (χ1v) is 7.32. The predicted molar refractivity (Wildman–Crippen MR) is 76.1 cm³/mol. The zero-order chi connectivity index (χ0) is 13.4. The second-order valence-corrected chi connectivity index (χ2v) is 5.86. The lowest BCUT2D eigenvalue weighted by molar-refractivity contribution is 0.122. The molecule has 3 rings (SSSR count). The van der Waals surface area contributed by atoms with Gasteiger partial charge < -0.3 is 14.7 Å². The van der Waals surface area contributed by atoms with Crippen LogP contribution >= 0.6 is 22.9 Å². The van der Waals surface area contributed by atoms with Crippen LogP contribution in [-0.4, -0.2) is 41.4 Å². The number of halogens is 1. The van der Waals surface area contributed by atoms with E-state index >= 15 is 0 Å². The van der Waals surface area contributed by atoms with Gasteiger partial charge in [-0.2, -0.15) is 4.98 Å². The Morgan fingerprint density at radius 3 is 2.84 bits per heavy atom. The number of hydrogen-bond acceptors (Lipinski definition) is 6. The molecule has 0 amide bonds. The molecular formula is C12H14ClN3O2S. The first kappa shape index (κ1) is 13.1. The fraction of sp³-hybridized carbons (Fsp3) is 0.500. The van der Waals surface area contributed by atoms with Crippen LogP contribution < -0.4 is 4.90 Å². The summed E-state index contributed by atoms with van der Waals surface area (Å²) < 4.78 is 5.35. The van der Waals surface area contributed by atoms with Crippen LogP contribution in [-0.2, 0) is 4.74 Å². The molecule has 1 saturated heterocycles. The maximum Gasteiger partial charge on any atom is 0.225 e. The van der Waals surface area contributed by atoms with Crippen LogP contribution in [0.3, 0.4) is 0 Å². The molecular weight excluding hydrogens is 286 g/mol. The van der Waals surface area contributed by atoms with Gasteiger partial charge in [0, 0.05) is 18.0 Å². The molecule has 0 bridgehead atoms. The maximum absolute atomic E-state index is 9.69. The fourth-order valence-electron chi connectivity index (χ4n) is 2.12. The Morgan fingerprint density at radius 1 is 1.42 bits per heavy atom. The van der Waals surface area contributed by atoms with Crippen LogP contribution in [0.1, 0.15) is 17.9 Å². The molecule has 5 nitrogen and oxygen atoms in total. The van der Waals surface area contributed by atoms with Gasteiger partial charge in [-0.25, -0.2) is 4.98 Å². The Bertz CT molecular complexity index is 596. The highest BCUT2D eigenvalue weighted by molar-refractivity contribution is 7.18. The van der Waals surface area contributed by atoms with Crippen molar-refractivity contribution in [2.24, 2.45) is 0 Å². The molecule has 19 heavy (non-hydrogen) atoms. The molecule has 2 aromatic heterocycles. The molecule has 7 heteroatoms. The Morgan fingerprint density at radius 2 is 2.16 bits per heavy atom. The minimum atomic E-state index is -0.504. The minimum Gasteiger partial charge on any atom is -0.388 e. The van der Waals surface area contributed by atoms with Crippen LogP contribution in [0.2, 0.25) is 5.28 Å². The van der Waals surface area contributed by atoms with Gasteiger partial charge in [0.2, 0.25) is 5.28 Å². The van der Waals surface area contributed by atoms with E-state index in [1.54, 1.807) is 6.92 Å². The molecule has 1 N–H and O–H groups in total. The summed E-state index contributed by atoms with van der Waals surface area (Å²) in [6.45, 7) is 4.71. The van der Waals surface area contributed by atoms with E-state index in [0.717, 1.165) is 34.0 Å². The SMILES string of the molecule is CC(O)c1cc2c(N3CCOCC3)nc(Cl)nc2s1. The van der Waals surface area contributed by atoms with E-state index in [-0.39, 0.29) is 5.28 Å². The highest BCUT2D eigenvalue weighted by atomic mass is 35.5. The van der Waals surface area contributed by atoms with Crippen molar-refractivity contribution in [3.05, 3.63) is 16.2 Å². The third-order valence-corrected chi connectivity index (χ3v) is 4.46. The van der Waals surface area contributed by atoms with Gasteiger partial charge in [-0.15, -0.1) is 11.3 Å². The fourth-order valence-corrected chi connectivity index (χ4v) is 3.30. The van der Waals surface area contributed by atoms with Crippen molar-refractivity contribution in [3.8, 4) is 0 Å². The van der Waals surface area contributed by atoms with Crippen LogP contribution in [0, 0.1) is 0 Å². The second kappa shape index (κ2) is 5.20. The van der Waals surface area contributed by atoms with Gasteiger partial charge >= 0.3 is 0 Å². The number of nitrogens with zero attached hydrogens (tertiary/aromatic N) is 3. The van der Waals surface area contributed by atoms with E-state index < -0.39 is 6.10 Å². The van der Waals surface area contributed by atoms with Gasteiger partial charge in [-0.1, -0.05) is 0 Å². The Labute approximate surface area is 119 Å². The highest BCUT2D eigenvalue weighted by Gasteiger charge is 2.19. The lowest BCUT2D eigenvalue weighted by Crippen LogP contribution is -2.36. The van der Waals surface area contributed by atoms with Gasteiger partial charge in [0.15, 0.2) is 0 Å². The molecule has 0 radical (unpaired) electrons. The average molecular weight is 300 g/mol. The van der Waals surface area contributed by atoms with Crippen LogP contribution in [0.25, 0.3) is 10.2 Å². The zero-order valence-electron chi connectivity index (χ0n) is 10.5. The molecule has 0 aliphatic carbocycles. The molecule has 1 aliphatic rings. The summed E-state index contributed by atoms with van der Waals surface area (Å²) >= 11 is 7.45. The largest absolute Gasteiger partial charge is 0.388 e. The van der Waals surface area contributed by atoms with Crippen LogP contribution in [0.4, 0.5) is 5.82 Å². The lowest BCUT2D eigenvalue weighted by Gasteiger charge is -2.28. The van der Waals surface area contributed by atoms with Crippen molar-refractivity contribution in [2.75, 3.05) is 31.2 Å². The number of thiophene rings is 1. The zero-order valence-corrected chi connectivity index (χ0v) is 12.0. The van der Waals surface area contributed by atoms with Crippen molar-refractivity contribution in [1.29, 1.82) is 0 Å². The molecule has 2 aromatic rings. The number of aromatic nitrogens is 2. The second-order valence-electron chi connectivity index (χ2n) is 4.46. The number of aliphatic hydroxyl groups is 1. The number of morpholine rings is 1. The first-order chi connectivity index (χ1) is 9.15. The number of fused-ring (bicyclic) bond motifs is 1. The average Bonchev–Trinajstić information content (AvgIpc) is 2.82. The van der Waals surface area contributed by atoms with Crippen molar-refractivity contribution in [1.82, 2.24) is 9.97 Å². The number of hydrogen-bond donors (Lipinski definition) is 1. The maximum atomic E-state index is 9.69. The molecule has 3 heterocycles. The summed E-state index contributed by atoms with van der Waals surface area (Å²) in [7, 11) is 0. The van der Waals surface area contributed by atoms with E-state index in [4.69, 9.17) is 16.3 Å². The van der Waals surface area contributed by atoms with Crippen LogP contribution in [0.15, 0.2) is 6.07 Å². The summed E-state index contributed by atoms with van der Waals surface area (Å²) in [4.78, 5) is 12.4. The standard InChI is InChI=1S/C12H14ClN3O2S/c1-7(17)9-6-8-10(16-2-4-18-5-3-16)14-12(13)15-11(8)19-9/h6-7,17H,2-5H2,1H3. The van der Waals surface area contributed by atoms with E-state index in [0.29, 0.717) is 13.2 Å². The van der Waals surface area contributed by atoms with Crippen molar-refractivity contribution >= 4 is 39.0 Å². The third kappa shape index (κ3) is 2.53. The topological polar surface area (TPSA) is 58.5 Å². The molecule has 1 unspecified atom stereocenters.